The van der Waals surface area contributed by atoms with Crippen molar-refractivity contribution in [1.29, 1.82) is 0 Å². The molecule has 24 heavy (non-hydrogen) atoms. The lowest BCUT2D eigenvalue weighted by Gasteiger charge is -2.22. The van der Waals surface area contributed by atoms with Crippen molar-refractivity contribution in [1.82, 2.24) is 24.4 Å². The molecular formula is C17H22N6O. The van der Waals surface area contributed by atoms with Crippen LogP contribution in [0, 0.1) is 11.8 Å². The van der Waals surface area contributed by atoms with Crippen molar-refractivity contribution in [3.05, 3.63) is 37.3 Å². The van der Waals surface area contributed by atoms with Gasteiger partial charge in [0, 0.05) is 62.8 Å². The third-order valence-electron chi connectivity index (χ3n) is 5.25. The average molecular weight is 326 g/mol. The molecule has 2 aromatic rings. The molecule has 1 saturated carbocycles. The van der Waals surface area contributed by atoms with Crippen LogP contribution in [-0.2, 0) is 11.3 Å². The van der Waals surface area contributed by atoms with E-state index < -0.39 is 0 Å². The molecule has 2 fully saturated rings. The van der Waals surface area contributed by atoms with Crippen LogP contribution in [0.2, 0.25) is 0 Å². The highest BCUT2D eigenvalue weighted by Crippen LogP contribution is 2.39. The number of hydrogen-bond donors (Lipinski definition) is 1. The summed E-state index contributed by atoms with van der Waals surface area (Å²) >= 11 is 0. The molecule has 0 unspecified atom stereocenters. The molecule has 3 atom stereocenters. The van der Waals surface area contributed by atoms with E-state index in [9.17, 15) is 4.79 Å². The predicted molar refractivity (Wildman–Crippen MR) is 89.1 cm³/mol. The van der Waals surface area contributed by atoms with Gasteiger partial charge in [-0.05, 0) is 18.8 Å². The number of amides is 1. The second-order valence-electron chi connectivity index (χ2n) is 6.69. The Balaban J connectivity index is 1.32. The zero-order valence-corrected chi connectivity index (χ0v) is 13.6. The van der Waals surface area contributed by atoms with Crippen molar-refractivity contribution in [3.8, 4) is 0 Å². The molecule has 1 aliphatic heterocycles. The number of aryl methyl sites for hydroxylation is 1. The van der Waals surface area contributed by atoms with Crippen molar-refractivity contribution in [2.45, 2.75) is 31.8 Å². The molecule has 2 aliphatic rings. The van der Waals surface area contributed by atoms with Gasteiger partial charge >= 0.3 is 0 Å². The van der Waals surface area contributed by atoms with Crippen LogP contribution in [-0.4, -0.2) is 49.5 Å². The van der Waals surface area contributed by atoms with E-state index in [2.05, 4.69) is 20.3 Å². The maximum Gasteiger partial charge on any atom is 0.224 e. The van der Waals surface area contributed by atoms with Crippen LogP contribution in [0.3, 0.4) is 0 Å². The van der Waals surface area contributed by atoms with E-state index in [-0.39, 0.29) is 5.91 Å². The molecule has 4 rings (SSSR count). The molecule has 1 N–H and O–H groups in total. The SMILES string of the molecule is O=C(CCn1ccnc1)N1C[C@@H]2CC[C@@H](Nc3cnccn3)[C@@H]2C1. The van der Waals surface area contributed by atoms with Gasteiger partial charge in [-0.25, -0.2) is 9.97 Å². The van der Waals surface area contributed by atoms with Gasteiger partial charge in [-0.2, -0.15) is 0 Å². The highest BCUT2D eigenvalue weighted by Gasteiger charge is 2.43. The molecule has 7 heteroatoms. The van der Waals surface area contributed by atoms with E-state index in [4.69, 9.17) is 0 Å². The number of imidazole rings is 1. The summed E-state index contributed by atoms with van der Waals surface area (Å²) in [5.41, 5.74) is 0. The first-order chi connectivity index (χ1) is 11.8. The molecule has 0 aromatic carbocycles. The largest absolute Gasteiger partial charge is 0.366 e. The Kier molecular flexibility index (Phi) is 4.15. The number of aromatic nitrogens is 4. The number of carbonyl (C=O) groups excluding carboxylic acids is 1. The van der Waals surface area contributed by atoms with Crippen LogP contribution >= 0.6 is 0 Å². The first-order valence-corrected chi connectivity index (χ1v) is 8.55. The van der Waals surface area contributed by atoms with Gasteiger partial charge in [-0.15, -0.1) is 0 Å². The molecule has 126 valence electrons. The fourth-order valence-electron chi connectivity index (χ4n) is 4.01. The second-order valence-corrected chi connectivity index (χ2v) is 6.69. The van der Waals surface area contributed by atoms with Crippen LogP contribution in [0.1, 0.15) is 19.3 Å². The highest BCUT2D eigenvalue weighted by molar-refractivity contribution is 5.76. The molecular weight excluding hydrogens is 304 g/mol. The summed E-state index contributed by atoms with van der Waals surface area (Å²) in [5.74, 6) is 2.20. The fraction of sp³-hybridized carbons (Fsp3) is 0.529. The summed E-state index contributed by atoms with van der Waals surface area (Å²) in [7, 11) is 0. The van der Waals surface area contributed by atoms with Crippen LogP contribution in [0.4, 0.5) is 5.82 Å². The van der Waals surface area contributed by atoms with Gasteiger partial charge in [0.25, 0.3) is 0 Å². The number of hydrogen-bond acceptors (Lipinski definition) is 5. The van der Waals surface area contributed by atoms with Gasteiger partial charge in [0.2, 0.25) is 5.91 Å². The third-order valence-corrected chi connectivity index (χ3v) is 5.25. The minimum absolute atomic E-state index is 0.247. The lowest BCUT2D eigenvalue weighted by atomic mass is 9.98. The molecule has 1 aliphatic carbocycles. The molecule has 2 aromatic heterocycles. The van der Waals surface area contributed by atoms with Gasteiger partial charge in [0.05, 0.1) is 12.5 Å². The Bertz CT molecular complexity index is 674. The number of likely N-dealkylation sites (tertiary alicyclic amines) is 1. The summed E-state index contributed by atoms with van der Waals surface area (Å²) in [6.45, 7) is 2.45. The maximum atomic E-state index is 12.5. The molecule has 0 radical (unpaired) electrons. The standard InChI is InChI=1S/C17H22N6O/c24-17(3-7-22-8-6-19-12-22)23-10-13-1-2-15(14(13)11-23)21-16-9-18-4-5-20-16/h4-6,8-9,12-15H,1-3,7,10-11H2,(H,20,21)/t13-,14+,15+/m0/s1. The number of rotatable bonds is 5. The summed E-state index contributed by atoms with van der Waals surface area (Å²) in [5, 5.41) is 3.50. The molecule has 1 saturated heterocycles. The smallest absolute Gasteiger partial charge is 0.224 e. The summed E-state index contributed by atoms with van der Waals surface area (Å²) in [6, 6.07) is 0.387. The van der Waals surface area contributed by atoms with Gasteiger partial charge in [-0.3, -0.25) is 9.78 Å². The van der Waals surface area contributed by atoms with Gasteiger partial charge in [0.15, 0.2) is 0 Å². The van der Waals surface area contributed by atoms with Gasteiger partial charge in [-0.1, -0.05) is 0 Å². The molecule has 0 bridgehead atoms. The van der Waals surface area contributed by atoms with E-state index >= 15 is 0 Å². The van der Waals surface area contributed by atoms with E-state index in [1.165, 1.54) is 6.42 Å². The molecule has 1 amide bonds. The molecule has 3 heterocycles. The quantitative estimate of drug-likeness (QED) is 0.899. The summed E-state index contributed by atoms with van der Waals surface area (Å²) < 4.78 is 1.95. The monoisotopic (exact) mass is 326 g/mol. The van der Waals surface area contributed by atoms with Crippen LogP contribution < -0.4 is 5.32 Å². The Hall–Kier alpha value is -2.44. The van der Waals surface area contributed by atoms with Crippen molar-refractivity contribution >= 4 is 11.7 Å². The maximum absolute atomic E-state index is 12.5. The Morgan fingerprint density at radius 1 is 1.21 bits per heavy atom. The predicted octanol–water partition coefficient (Wildman–Crippen LogP) is 1.41. The van der Waals surface area contributed by atoms with E-state index in [0.717, 1.165) is 25.3 Å². The Morgan fingerprint density at radius 2 is 2.17 bits per heavy atom. The number of nitrogens with zero attached hydrogens (tertiary/aromatic N) is 5. The normalized spacial score (nSPS) is 25.7. The van der Waals surface area contributed by atoms with Crippen molar-refractivity contribution < 1.29 is 4.79 Å². The number of fused-ring (bicyclic) bond motifs is 1. The van der Waals surface area contributed by atoms with Crippen LogP contribution in [0.25, 0.3) is 0 Å². The first-order valence-electron chi connectivity index (χ1n) is 8.55. The Morgan fingerprint density at radius 3 is 2.96 bits per heavy atom. The van der Waals surface area contributed by atoms with E-state index in [0.29, 0.717) is 30.8 Å². The highest BCUT2D eigenvalue weighted by atomic mass is 16.2. The number of anilines is 1. The zero-order valence-electron chi connectivity index (χ0n) is 13.6. The average Bonchev–Trinajstić information content (AvgIpc) is 3.32. The lowest BCUT2D eigenvalue weighted by Crippen LogP contribution is -2.33. The van der Waals surface area contributed by atoms with Crippen molar-refractivity contribution in [2.75, 3.05) is 18.4 Å². The Labute approximate surface area is 141 Å². The van der Waals surface area contributed by atoms with E-state index in [1.807, 2.05) is 15.7 Å². The summed E-state index contributed by atoms with van der Waals surface area (Å²) in [4.78, 5) is 27.0. The van der Waals surface area contributed by atoms with E-state index in [1.54, 1.807) is 31.1 Å². The van der Waals surface area contributed by atoms with Crippen LogP contribution in [0.5, 0.6) is 0 Å². The number of carbonyl (C=O) groups is 1. The third kappa shape index (κ3) is 3.11. The molecule has 0 spiro atoms. The lowest BCUT2D eigenvalue weighted by molar-refractivity contribution is -0.130. The zero-order chi connectivity index (χ0) is 16.4. The van der Waals surface area contributed by atoms with Crippen molar-refractivity contribution in [3.63, 3.8) is 0 Å². The minimum Gasteiger partial charge on any atom is -0.366 e. The summed E-state index contributed by atoms with van der Waals surface area (Å²) in [6.07, 6.45) is 13.4. The number of nitrogens with one attached hydrogen (secondary N) is 1. The topological polar surface area (TPSA) is 75.9 Å². The van der Waals surface area contributed by atoms with Gasteiger partial charge < -0.3 is 14.8 Å². The van der Waals surface area contributed by atoms with Crippen LogP contribution in [0.15, 0.2) is 37.3 Å². The van der Waals surface area contributed by atoms with Crippen molar-refractivity contribution in [2.24, 2.45) is 11.8 Å². The minimum atomic E-state index is 0.247. The first kappa shape index (κ1) is 15.1. The van der Waals surface area contributed by atoms with Gasteiger partial charge in [0.1, 0.15) is 5.82 Å². The second kappa shape index (κ2) is 6.59. The molecule has 7 nitrogen and oxygen atoms in total. The fourth-order valence-corrected chi connectivity index (χ4v) is 4.01.